The maximum Gasteiger partial charge on any atom is 0.317 e. The number of carbonyl (C=O) groups excluding carboxylic acids is 1. The van der Waals surface area contributed by atoms with Gasteiger partial charge in [0, 0.05) is 35.6 Å². The van der Waals surface area contributed by atoms with Gasteiger partial charge in [0.25, 0.3) is 0 Å². The van der Waals surface area contributed by atoms with Crippen LogP contribution in [0.1, 0.15) is 30.4 Å². The van der Waals surface area contributed by atoms with E-state index in [1.165, 1.54) is 19.3 Å². The Kier molecular flexibility index (Phi) is 5.31. The van der Waals surface area contributed by atoms with E-state index in [9.17, 15) is 4.79 Å². The van der Waals surface area contributed by atoms with Crippen molar-refractivity contribution in [3.8, 4) is 17.0 Å². The van der Waals surface area contributed by atoms with E-state index in [1.807, 2.05) is 19.9 Å². The van der Waals surface area contributed by atoms with Crippen LogP contribution in [0.15, 0.2) is 24.5 Å². The zero-order chi connectivity index (χ0) is 21.3. The van der Waals surface area contributed by atoms with Gasteiger partial charge in [-0.1, -0.05) is 19.3 Å². The molecule has 2 amide bonds. The molecular weight excluding hydrogens is 380 g/mol. The van der Waals surface area contributed by atoms with Crippen molar-refractivity contribution in [2.45, 2.75) is 33.1 Å². The Morgan fingerprint density at radius 3 is 2.57 bits per heavy atom. The number of amides is 2. The van der Waals surface area contributed by atoms with Gasteiger partial charge in [0.05, 0.1) is 0 Å². The van der Waals surface area contributed by atoms with Crippen LogP contribution in [0.3, 0.4) is 0 Å². The fourth-order valence-electron chi connectivity index (χ4n) is 3.39. The Balaban J connectivity index is 0.000000667. The number of primary amides is 1. The van der Waals surface area contributed by atoms with Crippen LogP contribution in [0.2, 0.25) is 0 Å². The van der Waals surface area contributed by atoms with Crippen molar-refractivity contribution in [2.75, 3.05) is 29.5 Å². The lowest BCUT2D eigenvalue weighted by atomic mass is 9.93. The Labute approximate surface area is 175 Å². The number of nitrogens with zero attached hydrogens (tertiary/aromatic N) is 2. The van der Waals surface area contributed by atoms with Crippen molar-refractivity contribution in [3.05, 3.63) is 35.7 Å². The molecule has 5 rings (SSSR count). The maximum atomic E-state index is 11.1. The van der Waals surface area contributed by atoms with Crippen molar-refractivity contribution in [1.29, 1.82) is 0 Å². The first-order chi connectivity index (χ1) is 14.5. The van der Waals surface area contributed by atoms with Crippen LogP contribution < -0.4 is 26.8 Å². The highest BCUT2D eigenvalue weighted by Crippen LogP contribution is 2.40. The van der Waals surface area contributed by atoms with Crippen LogP contribution in [0.4, 0.5) is 22.0 Å². The quantitative estimate of drug-likeness (QED) is 0.477. The summed E-state index contributed by atoms with van der Waals surface area (Å²) in [6.45, 7) is 5.35. The molecule has 8 heteroatoms. The topological polar surface area (TPSA) is 128 Å². The lowest BCUT2D eigenvalue weighted by Gasteiger charge is -2.22. The number of anilines is 3. The van der Waals surface area contributed by atoms with Crippen LogP contribution in [-0.2, 0) is 0 Å². The number of carbonyl (C=O) groups is 1. The standard InChI is InChI=1S/C19H20N6O2.C3H6/c1-9-12(13-7-24-18-17(10(13)2)22-3-4-27-18)5-11-6-15(25-19(21)26)23-8-14(11)16(9)20;1-2-3-1/h5-8,22H,3-4,20H2,1-2H3,(H3,21,23,25,26);1-3H2. The largest absolute Gasteiger partial charge is 0.474 e. The molecule has 3 heterocycles. The van der Waals surface area contributed by atoms with Gasteiger partial charge in [-0.3, -0.25) is 5.32 Å². The van der Waals surface area contributed by atoms with E-state index in [4.69, 9.17) is 16.2 Å². The molecule has 6 N–H and O–H groups in total. The van der Waals surface area contributed by atoms with Crippen LogP contribution in [0.5, 0.6) is 5.88 Å². The van der Waals surface area contributed by atoms with Gasteiger partial charge >= 0.3 is 6.03 Å². The summed E-state index contributed by atoms with van der Waals surface area (Å²) in [5, 5.41) is 7.51. The first-order valence-electron chi connectivity index (χ1n) is 10.1. The molecule has 0 atom stereocenters. The number of hydrogen-bond donors (Lipinski definition) is 4. The van der Waals surface area contributed by atoms with Gasteiger partial charge in [0.1, 0.15) is 18.1 Å². The molecular formula is C22H26N6O2. The number of fused-ring (bicyclic) bond motifs is 2. The average Bonchev–Trinajstić information content (AvgIpc) is 3.60. The third-order valence-electron chi connectivity index (χ3n) is 5.18. The lowest BCUT2D eigenvalue weighted by molar-refractivity contribution is 0.259. The second-order valence-electron chi connectivity index (χ2n) is 7.56. The Morgan fingerprint density at radius 1 is 1.10 bits per heavy atom. The molecule has 0 radical (unpaired) electrons. The van der Waals surface area contributed by atoms with Crippen molar-refractivity contribution >= 4 is 34.0 Å². The Morgan fingerprint density at radius 2 is 1.87 bits per heavy atom. The third-order valence-corrected chi connectivity index (χ3v) is 5.18. The van der Waals surface area contributed by atoms with Gasteiger partial charge in [0.2, 0.25) is 5.88 Å². The first kappa shape index (κ1) is 19.8. The van der Waals surface area contributed by atoms with E-state index in [2.05, 4.69) is 20.6 Å². The normalized spacial score (nSPS) is 13.9. The number of rotatable bonds is 2. The van der Waals surface area contributed by atoms with Crippen molar-refractivity contribution in [2.24, 2.45) is 5.73 Å². The van der Waals surface area contributed by atoms with Gasteiger partial charge in [-0.2, -0.15) is 0 Å². The van der Waals surface area contributed by atoms with Crippen LogP contribution >= 0.6 is 0 Å². The maximum absolute atomic E-state index is 11.1. The van der Waals surface area contributed by atoms with Crippen LogP contribution in [0, 0.1) is 13.8 Å². The van der Waals surface area contributed by atoms with Gasteiger partial charge in [-0.25, -0.2) is 14.8 Å². The average molecular weight is 406 g/mol. The molecule has 0 unspecified atom stereocenters. The highest BCUT2D eigenvalue weighted by molar-refractivity contribution is 6.01. The van der Waals surface area contributed by atoms with E-state index in [0.29, 0.717) is 24.0 Å². The van der Waals surface area contributed by atoms with Gasteiger partial charge in [0.15, 0.2) is 0 Å². The molecule has 1 aliphatic heterocycles. The number of aromatic nitrogens is 2. The van der Waals surface area contributed by atoms with Crippen LogP contribution in [-0.4, -0.2) is 29.2 Å². The molecule has 156 valence electrons. The van der Waals surface area contributed by atoms with Crippen LogP contribution in [0.25, 0.3) is 21.9 Å². The highest BCUT2D eigenvalue weighted by Gasteiger charge is 2.19. The number of nitrogen functional groups attached to an aromatic ring is 1. The molecule has 2 aromatic heterocycles. The lowest BCUT2D eigenvalue weighted by Crippen LogP contribution is -2.20. The van der Waals surface area contributed by atoms with E-state index in [-0.39, 0.29) is 0 Å². The predicted molar refractivity (Wildman–Crippen MR) is 120 cm³/mol. The first-order valence-corrected chi connectivity index (χ1v) is 10.1. The number of nitrogens with one attached hydrogen (secondary N) is 2. The van der Waals surface area contributed by atoms with Gasteiger partial charge < -0.3 is 21.5 Å². The molecule has 1 aromatic carbocycles. The zero-order valence-electron chi connectivity index (χ0n) is 17.2. The SMILES string of the molecule is C1CC1.Cc1c(-c2cc3cc(NC(N)=O)ncc3c(N)c2C)cnc2c1NCCO2. The summed E-state index contributed by atoms with van der Waals surface area (Å²) in [4.78, 5) is 19.8. The smallest absolute Gasteiger partial charge is 0.317 e. The fourth-order valence-corrected chi connectivity index (χ4v) is 3.39. The summed E-state index contributed by atoms with van der Waals surface area (Å²) >= 11 is 0. The Hall–Kier alpha value is -3.55. The summed E-state index contributed by atoms with van der Waals surface area (Å²) in [6, 6.07) is 3.11. The predicted octanol–water partition coefficient (Wildman–Crippen LogP) is 3.96. The number of benzene rings is 1. The minimum atomic E-state index is -0.664. The molecule has 1 aliphatic carbocycles. The number of hydrogen-bond acceptors (Lipinski definition) is 6. The molecule has 1 saturated carbocycles. The third kappa shape index (κ3) is 3.94. The number of pyridine rings is 2. The minimum absolute atomic E-state index is 0.375. The summed E-state index contributed by atoms with van der Waals surface area (Å²) in [5.41, 5.74) is 17.0. The van der Waals surface area contributed by atoms with Gasteiger partial charge in [-0.05, 0) is 48.1 Å². The monoisotopic (exact) mass is 406 g/mol. The number of urea groups is 1. The highest BCUT2D eigenvalue weighted by atomic mass is 16.5. The number of ether oxygens (including phenoxy) is 1. The molecule has 30 heavy (non-hydrogen) atoms. The fraction of sp³-hybridized carbons (Fsp3) is 0.318. The summed E-state index contributed by atoms with van der Waals surface area (Å²) in [5.74, 6) is 0.991. The zero-order valence-corrected chi connectivity index (χ0v) is 17.2. The van der Waals surface area contributed by atoms with Crippen molar-refractivity contribution in [1.82, 2.24) is 9.97 Å². The molecule has 3 aromatic rings. The van der Waals surface area contributed by atoms with E-state index >= 15 is 0 Å². The molecule has 2 aliphatic rings. The molecule has 8 nitrogen and oxygen atoms in total. The van der Waals surface area contributed by atoms with E-state index < -0.39 is 6.03 Å². The van der Waals surface area contributed by atoms with Gasteiger partial charge in [-0.15, -0.1) is 0 Å². The summed E-state index contributed by atoms with van der Waals surface area (Å²) in [6.07, 6.45) is 7.94. The molecule has 0 saturated heterocycles. The summed E-state index contributed by atoms with van der Waals surface area (Å²) < 4.78 is 5.61. The second kappa shape index (κ2) is 8.06. The van der Waals surface area contributed by atoms with E-state index in [1.54, 1.807) is 18.5 Å². The molecule has 0 bridgehead atoms. The molecule has 1 fully saturated rings. The van der Waals surface area contributed by atoms with E-state index in [0.717, 1.165) is 45.3 Å². The minimum Gasteiger partial charge on any atom is -0.474 e. The second-order valence-corrected chi connectivity index (χ2v) is 7.56. The Bertz CT molecular complexity index is 1120. The molecule has 0 spiro atoms. The van der Waals surface area contributed by atoms with Crippen molar-refractivity contribution < 1.29 is 9.53 Å². The number of nitrogens with two attached hydrogens (primary N) is 2. The van der Waals surface area contributed by atoms with Crippen molar-refractivity contribution in [3.63, 3.8) is 0 Å². The summed E-state index contributed by atoms with van der Waals surface area (Å²) in [7, 11) is 0.